The maximum Gasteiger partial charge on any atom is 0.257 e. The molecule has 33 heavy (non-hydrogen) atoms. The molecule has 0 unspecified atom stereocenters. The minimum Gasteiger partial charge on any atom is -0.490 e. The Morgan fingerprint density at radius 2 is 1.91 bits per heavy atom. The number of benzene rings is 2. The number of hydrogen-bond acceptors (Lipinski definition) is 5. The van der Waals surface area contributed by atoms with Crippen LogP contribution in [-0.2, 0) is 9.53 Å². The topological polar surface area (TPSA) is 97.0 Å². The van der Waals surface area contributed by atoms with Gasteiger partial charge in [0, 0.05) is 25.3 Å². The predicted octanol–water partition coefficient (Wildman–Crippen LogP) is 2.59. The smallest absolute Gasteiger partial charge is 0.257 e. The fourth-order valence-corrected chi connectivity index (χ4v) is 4.22. The number of amides is 3. The van der Waals surface area contributed by atoms with Crippen LogP contribution >= 0.6 is 0 Å². The average molecular weight is 455 g/mol. The zero-order chi connectivity index (χ0) is 23.5. The van der Waals surface area contributed by atoms with Gasteiger partial charge in [-0.05, 0) is 55.3 Å². The monoisotopic (exact) mass is 455 g/mol. The summed E-state index contributed by atoms with van der Waals surface area (Å²) in [6, 6.07) is 9.86. The van der Waals surface area contributed by atoms with Crippen molar-refractivity contribution < 1.29 is 28.2 Å². The molecule has 174 valence electrons. The molecule has 2 aliphatic heterocycles. The number of likely N-dealkylation sites (N-methyl/N-ethyl adjacent to an activating group) is 1. The van der Waals surface area contributed by atoms with Crippen LogP contribution in [0.5, 0.6) is 5.75 Å². The number of carbonyl (C=O) groups excluding carboxylic acids is 3. The van der Waals surface area contributed by atoms with E-state index in [-0.39, 0.29) is 43.1 Å². The highest BCUT2D eigenvalue weighted by Crippen LogP contribution is 2.32. The van der Waals surface area contributed by atoms with E-state index >= 15 is 0 Å². The second-order valence-corrected chi connectivity index (χ2v) is 8.22. The second-order valence-electron chi connectivity index (χ2n) is 8.22. The fraction of sp³-hybridized carbons (Fsp3) is 0.375. The molecule has 0 bridgehead atoms. The van der Waals surface area contributed by atoms with Gasteiger partial charge in [0.05, 0.1) is 24.1 Å². The summed E-state index contributed by atoms with van der Waals surface area (Å²) in [6.07, 6.45) is 1.04. The number of rotatable bonds is 4. The number of halogens is 1. The summed E-state index contributed by atoms with van der Waals surface area (Å²) in [5.41, 5.74) is 1.06. The fourth-order valence-electron chi connectivity index (χ4n) is 4.22. The van der Waals surface area contributed by atoms with Gasteiger partial charge in [0.2, 0.25) is 5.91 Å². The average Bonchev–Trinajstić information content (AvgIpc) is 2.82. The Bertz CT molecular complexity index is 1060. The van der Waals surface area contributed by atoms with Crippen LogP contribution < -0.4 is 15.4 Å². The maximum atomic E-state index is 13.3. The Hall–Kier alpha value is -3.46. The van der Waals surface area contributed by atoms with Crippen LogP contribution in [0.4, 0.5) is 10.1 Å². The Labute approximate surface area is 191 Å². The van der Waals surface area contributed by atoms with Crippen molar-refractivity contribution in [2.24, 2.45) is 0 Å². The molecule has 1 saturated heterocycles. The lowest BCUT2D eigenvalue weighted by atomic mass is 9.94. The van der Waals surface area contributed by atoms with Gasteiger partial charge in [0.25, 0.3) is 11.8 Å². The lowest BCUT2D eigenvalue weighted by molar-refractivity contribution is -0.133. The molecule has 2 aromatic carbocycles. The van der Waals surface area contributed by atoms with Crippen molar-refractivity contribution in [2.45, 2.75) is 37.5 Å². The van der Waals surface area contributed by atoms with E-state index in [1.54, 1.807) is 37.2 Å². The quantitative estimate of drug-likeness (QED) is 0.739. The van der Waals surface area contributed by atoms with Gasteiger partial charge in [0.1, 0.15) is 24.3 Å². The van der Waals surface area contributed by atoms with Gasteiger partial charge in [-0.25, -0.2) is 4.39 Å². The molecular weight excluding hydrogens is 429 g/mol. The molecule has 0 radical (unpaired) electrons. The minimum absolute atomic E-state index is 0.0878. The van der Waals surface area contributed by atoms with Crippen LogP contribution in [0.1, 0.15) is 40.0 Å². The van der Waals surface area contributed by atoms with Crippen molar-refractivity contribution in [3.05, 3.63) is 59.4 Å². The molecule has 9 heteroatoms. The van der Waals surface area contributed by atoms with Gasteiger partial charge in [-0.2, -0.15) is 0 Å². The summed E-state index contributed by atoms with van der Waals surface area (Å²) < 4.78 is 25.1. The first-order valence-electron chi connectivity index (χ1n) is 10.8. The number of anilines is 1. The van der Waals surface area contributed by atoms with E-state index in [1.165, 1.54) is 24.3 Å². The molecule has 3 amide bonds. The van der Waals surface area contributed by atoms with E-state index in [9.17, 15) is 18.8 Å². The molecule has 2 aliphatic rings. The van der Waals surface area contributed by atoms with Gasteiger partial charge in [-0.3, -0.25) is 14.4 Å². The van der Waals surface area contributed by atoms with Gasteiger partial charge in [-0.1, -0.05) is 0 Å². The first kappa shape index (κ1) is 22.7. The lowest BCUT2D eigenvalue weighted by Gasteiger charge is -2.42. The number of nitrogens with zero attached hydrogens (tertiary/aromatic N) is 1. The number of nitrogens with one attached hydrogen (secondary N) is 2. The highest BCUT2D eigenvalue weighted by molar-refractivity contribution is 6.05. The molecule has 4 rings (SSSR count). The van der Waals surface area contributed by atoms with Crippen molar-refractivity contribution >= 4 is 23.4 Å². The van der Waals surface area contributed by atoms with Gasteiger partial charge < -0.3 is 25.0 Å². The summed E-state index contributed by atoms with van der Waals surface area (Å²) in [6.45, 7) is 0.237. The van der Waals surface area contributed by atoms with Crippen molar-refractivity contribution in [3.8, 4) is 5.75 Å². The Morgan fingerprint density at radius 3 is 2.64 bits per heavy atom. The summed E-state index contributed by atoms with van der Waals surface area (Å²) in [5, 5.41) is 5.34. The zero-order valence-electron chi connectivity index (χ0n) is 18.5. The number of fused-ring (bicyclic) bond motifs is 2. The minimum atomic E-state index is -0.427. The molecule has 2 aromatic rings. The standard InChI is InChI=1S/C24H26FN3O5/c1-26-22(29)12-17-8-9-19-21(33-17)13-32-20-10-7-16(11-18(20)24(31)28(19)2)27-23(30)14-3-5-15(25)6-4-14/h3-7,10-11,17,19,21H,8-9,12-13H2,1-2H3,(H,26,29)(H,27,30)/t17-,19+,21-/m0/s1. The first-order chi connectivity index (χ1) is 15.9. The summed E-state index contributed by atoms with van der Waals surface area (Å²) >= 11 is 0. The highest BCUT2D eigenvalue weighted by atomic mass is 19.1. The van der Waals surface area contributed by atoms with E-state index in [2.05, 4.69) is 10.6 Å². The van der Waals surface area contributed by atoms with Crippen LogP contribution in [0, 0.1) is 5.82 Å². The largest absolute Gasteiger partial charge is 0.490 e. The predicted molar refractivity (Wildman–Crippen MR) is 119 cm³/mol. The number of carbonyl (C=O) groups is 3. The van der Waals surface area contributed by atoms with Crippen molar-refractivity contribution in [1.82, 2.24) is 10.2 Å². The van der Waals surface area contributed by atoms with E-state index in [1.807, 2.05) is 0 Å². The molecule has 1 fully saturated rings. The van der Waals surface area contributed by atoms with Crippen LogP contribution in [-0.4, -0.2) is 61.6 Å². The molecule has 2 N–H and O–H groups in total. The van der Waals surface area contributed by atoms with E-state index in [4.69, 9.17) is 9.47 Å². The SMILES string of the molecule is CNC(=O)C[C@@H]1CC[C@@H]2[C@H](COc3ccc(NC(=O)c4ccc(F)cc4)cc3C(=O)N2C)O1. The van der Waals surface area contributed by atoms with Gasteiger partial charge >= 0.3 is 0 Å². The van der Waals surface area contributed by atoms with Crippen molar-refractivity contribution in [3.63, 3.8) is 0 Å². The summed E-state index contributed by atoms with van der Waals surface area (Å²) in [7, 11) is 3.31. The second kappa shape index (κ2) is 9.58. The summed E-state index contributed by atoms with van der Waals surface area (Å²) in [5.74, 6) is -0.781. The molecule has 0 aliphatic carbocycles. The molecular formula is C24H26FN3O5. The number of hydrogen-bond donors (Lipinski definition) is 2. The maximum absolute atomic E-state index is 13.3. The molecule has 0 aromatic heterocycles. The summed E-state index contributed by atoms with van der Waals surface area (Å²) in [4.78, 5) is 39.1. The van der Waals surface area contributed by atoms with E-state index < -0.39 is 11.7 Å². The van der Waals surface area contributed by atoms with Crippen LogP contribution in [0.3, 0.4) is 0 Å². The lowest BCUT2D eigenvalue weighted by Crippen LogP contribution is -2.53. The third kappa shape index (κ3) is 4.98. The van der Waals surface area contributed by atoms with Crippen molar-refractivity contribution in [1.29, 1.82) is 0 Å². The highest BCUT2D eigenvalue weighted by Gasteiger charge is 2.39. The molecule has 0 saturated carbocycles. The third-order valence-electron chi connectivity index (χ3n) is 6.07. The molecule has 8 nitrogen and oxygen atoms in total. The normalized spacial score (nSPS) is 22.2. The van der Waals surface area contributed by atoms with Crippen LogP contribution in [0.15, 0.2) is 42.5 Å². The van der Waals surface area contributed by atoms with Crippen LogP contribution in [0.2, 0.25) is 0 Å². The van der Waals surface area contributed by atoms with E-state index in [0.717, 1.165) is 0 Å². The molecule has 0 spiro atoms. The Kier molecular flexibility index (Phi) is 6.60. The van der Waals surface area contributed by atoms with Crippen molar-refractivity contribution in [2.75, 3.05) is 26.0 Å². The Balaban J connectivity index is 1.51. The zero-order valence-corrected chi connectivity index (χ0v) is 18.5. The molecule has 2 heterocycles. The molecule has 3 atom stereocenters. The Morgan fingerprint density at radius 1 is 1.15 bits per heavy atom. The third-order valence-corrected chi connectivity index (χ3v) is 6.07. The van der Waals surface area contributed by atoms with E-state index in [0.29, 0.717) is 35.4 Å². The first-order valence-corrected chi connectivity index (χ1v) is 10.8. The van der Waals surface area contributed by atoms with Crippen LogP contribution in [0.25, 0.3) is 0 Å². The van der Waals surface area contributed by atoms with Gasteiger partial charge in [0.15, 0.2) is 0 Å². The van der Waals surface area contributed by atoms with Gasteiger partial charge in [-0.15, -0.1) is 0 Å². The number of ether oxygens (including phenoxy) is 2.